The Morgan fingerprint density at radius 1 is 1.35 bits per heavy atom. The van der Waals surface area contributed by atoms with Crippen LogP contribution in [-0.4, -0.2) is 33.0 Å². The monoisotopic (exact) mass is 293 g/mol. The third-order valence-corrected chi connectivity index (χ3v) is 5.52. The van der Waals surface area contributed by atoms with E-state index in [4.69, 9.17) is 9.84 Å². The standard InChI is InChI=1S/C13H19N5OS/c1-19-7-11-15-16-13-18(11)17-12(20-13)10-6-8-4-2-3-5-9(8)14-10/h8-10,14H,2-7H2,1H3. The van der Waals surface area contributed by atoms with Gasteiger partial charge in [-0.1, -0.05) is 24.2 Å². The molecule has 0 amide bonds. The van der Waals surface area contributed by atoms with Gasteiger partial charge in [-0.15, -0.1) is 10.2 Å². The summed E-state index contributed by atoms with van der Waals surface area (Å²) in [6, 6.07) is 1.09. The smallest absolute Gasteiger partial charge is 0.234 e. The summed E-state index contributed by atoms with van der Waals surface area (Å²) in [4.78, 5) is 0.865. The Kier molecular flexibility index (Phi) is 3.20. The van der Waals surface area contributed by atoms with Crippen molar-refractivity contribution in [3.8, 4) is 0 Å². The van der Waals surface area contributed by atoms with Crippen molar-refractivity contribution in [2.75, 3.05) is 7.11 Å². The molecule has 0 bridgehead atoms. The van der Waals surface area contributed by atoms with Gasteiger partial charge in [0.25, 0.3) is 0 Å². The molecule has 1 N–H and O–H groups in total. The molecule has 0 aromatic carbocycles. The van der Waals surface area contributed by atoms with E-state index in [0.29, 0.717) is 18.7 Å². The normalized spacial score (nSPS) is 29.9. The van der Waals surface area contributed by atoms with Gasteiger partial charge in [-0.05, 0) is 25.2 Å². The van der Waals surface area contributed by atoms with E-state index in [0.717, 1.165) is 21.7 Å². The van der Waals surface area contributed by atoms with Crippen LogP contribution in [0.1, 0.15) is 49.0 Å². The molecule has 2 aromatic rings. The Labute approximate surface area is 121 Å². The van der Waals surface area contributed by atoms with E-state index >= 15 is 0 Å². The molecule has 1 saturated heterocycles. The van der Waals surface area contributed by atoms with Gasteiger partial charge < -0.3 is 10.1 Å². The van der Waals surface area contributed by atoms with Crippen molar-refractivity contribution in [2.24, 2.45) is 5.92 Å². The maximum absolute atomic E-state index is 5.13. The van der Waals surface area contributed by atoms with Crippen molar-refractivity contribution in [1.82, 2.24) is 25.1 Å². The van der Waals surface area contributed by atoms with Gasteiger partial charge in [0.2, 0.25) is 4.96 Å². The Bertz CT molecular complexity index is 595. The second-order valence-corrected chi connectivity index (χ2v) is 6.78. The molecule has 2 fully saturated rings. The van der Waals surface area contributed by atoms with Gasteiger partial charge >= 0.3 is 0 Å². The third kappa shape index (κ3) is 2.04. The van der Waals surface area contributed by atoms with E-state index in [2.05, 4.69) is 15.5 Å². The van der Waals surface area contributed by atoms with E-state index in [1.807, 2.05) is 4.52 Å². The van der Waals surface area contributed by atoms with Gasteiger partial charge in [0, 0.05) is 13.2 Å². The summed E-state index contributed by atoms with van der Waals surface area (Å²) in [5.41, 5.74) is 0. The first-order chi connectivity index (χ1) is 9.85. The van der Waals surface area contributed by atoms with E-state index in [1.165, 1.54) is 32.1 Å². The number of methoxy groups -OCH3 is 1. The van der Waals surface area contributed by atoms with Crippen molar-refractivity contribution in [3.63, 3.8) is 0 Å². The van der Waals surface area contributed by atoms with Crippen LogP contribution in [0.5, 0.6) is 0 Å². The third-order valence-electron chi connectivity index (χ3n) is 4.51. The summed E-state index contributed by atoms with van der Waals surface area (Å²) in [6.07, 6.45) is 6.66. The van der Waals surface area contributed by atoms with Crippen LogP contribution in [0.25, 0.3) is 4.96 Å². The molecule has 6 nitrogen and oxygen atoms in total. The minimum atomic E-state index is 0.394. The second kappa shape index (κ2) is 5.05. The number of hydrogen-bond acceptors (Lipinski definition) is 6. The zero-order valence-electron chi connectivity index (χ0n) is 11.6. The van der Waals surface area contributed by atoms with Crippen LogP contribution >= 0.6 is 11.3 Å². The number of ether oxygens (including phenoxy) is 1. The summed E-state index contributed by atoms with van der Waals surface area (Å²) in [5, 5.41) is 17.9. The lowest BCUT2D eigenvalue weighted by atomic mass is 9.85. The lowest BCUT2D eigenvalue weighted by Gasteiger charge is -2.24. The molecule has 0 spiro atoms. The van der Waals surface area contributed by atoms with Crippen LogP contribution in [0.4, 0.5) is 0 Å². The van der Waals surface area contributed by atoms with Crippen LogP contribution in [0.15, 0.2) is 0 Å². The number of nitrogens with one attached hydrogen (secondary N) is 1. The van der Waals surface area contributed by atoms with Crippen molar-refractivity contribution in [2.45, 2.75) is 50.8 Å². The second-order valence-electron chi connectivity index (χ2n) is 5.79. The van der Waals surface area contributed by atoms with E-state index in [9.17, 15) is 0 Å². The van der Waals surface area contributed by atoms with E-state index in [1.54, 1.807) is 18.4 Å². The van der Waals surface area contributed by atoms with Crippen molar-refractivity contribution < 1.29 is 4.74 Å². The minimum Gasteiger partial charge on any atom is -0.377 e. The molecular formula is C13H19N5OS. The molecule has 2 aliphatic rings. The highest BCUT2D eigenvalue weighted by Crippen LogP contribution is 2.39. The zero-order valence-corrected chi connectivity index (χ0v) is 12.4. The predicted molar refractivity (Wildman–Crippen MR) is 75.6 cm³/mol. The summed E-state index contributed by atoms with van der Waals surface area (Å²) in [6.45, 7) is 0.452. The highest BCUT2D eigenvalue weighted by Gasteiger charge is 2.37. The summed E-state index contributed by atoms with van der Waals surface area (Å²) in [5.74, 6) is 1.61. The predicted octanol–water partition coefficient (Wildman–Crippen LogP) is 1.93. The fourth-order valence-electron chi connectivity index (χ4n) is 3.54. The molecule has 3 atom stereocenters. The molecule has 1 aliphatic carbocycles. The Balaban J connectivity index is 1.59. The zero-order chi connectivity index (χ0) is 13.5. The molecule has 2 aromatic heterocycles. The van der Waals surface area contributed by atoms with Crippen molar-refractivity contribution >= 4 is 16.3 Å². The van der Waals surface area contributed by atoms with Crippen LogP contribution in [-0.2, 0) is 11.3 Å². The number of nitrogens with zero attached hydrogens (tertiary/aromatic N) is 4. The highest BCUT2D eigenvalue weighted by atomic mass is 32.1. The Morgan fingerprint density at radius 2 is 2.25 bits per heavy atom. The molecule has 3 heterocycles. The largest absolute Gasteiger partial charge is 0.377 e. The van der Waals surface area contributed by atoms with Crippen LogP contribution in [0.3, 0.4) is 0 Å². The van der Waals surface area contributed by atoms with E-state index < -0.39 is 0 Å². The Hall–Kier alpha value is -1.05. The fraction of sp³-hybridized carbons (Fsp3) is 0.769. The minimum absolute atomic E-state index is 0.394. The topological polar surface area (TPSA) is 64.3 Å². The molecule has 3 unspecified atom stereocenters. The maximum Gasteiger partial charge on any atom is 0.234 e. The molecule has 4 rings (SSSR count). The SMILES string of the molecule is COCc1nnc2sc(C3CC4CCCCC4N3)nn12. The van der Waals surface area contributed by atoms with Crippen molar-refractivity contribution in [3.05, 3.63) is 10.8 Å². The molecule has 108 valence electrons. The fourth-order valence-corrected chi connectivity index (χ4v) is 4.47. The Morgan fingerprint density at radius 3 is 3.10 bits per heavy atom. The van der Waals surface area contributed by atoms with Crippen LogP contribution in [0, 0.1) is 5.92 Å². The lowest BCUT2D eigenvalue weighted by molar-refractivity contribution is 0.176. The van der Waals surface area contributed by atoms with Gasteiger partial charge in [-0.3, -0.25) is 0 Å². The van der Waals surface area contributed by atoms with E-state index in [-0.39, 0.29) is 0 Å². The molecular weight excluding hydrogens is 274 g/mol. The molecule has 0 radical (unpaired) electrons. The van der Waals surface area contributed by atoms with Gasteiger partial charge in [-0.25, -0.2) is 0 Å². The number of fused-ring (bicyclic) bond motifs is 2. The molecule has 1 saturated carbocycles. The molecule has 1 aliphatic heterocycles. The van der Waals surface area contributed by atoms with Crippen LogP contribution < -0.4 is 5.32 Å². The first kappa shape index (κ1) is 12.7. The van der Waals surface area contributed by atoms with Crippen molar-refractivity contribution in [1.29, 1.82) is 0 Å². The average molecular weight is 293 g/mol. The van der Waals surface area contributed by atoms with Gasteiger partial charge in [0.1, 0.15) is 11.6 Å². The van der Waals surface area contributed by atoms with Gasteiger partial charge in [-0.2, -0.15) is 9.61 Å². The summed E-state index contributed by atoms with van der Waals surface area (Å²) in [7, 11) is 1.66. The van der Waals surface area contributed by atoms with Gasteiger partial charge in [0.05, 0.1) is 6.04 Å². The molecule has 20 heavy (non-hydrogen) atoms. The number of hydrogen-bond donors (Lipinski definition) is 1. The number of aromatic nitrogens is 4. The average Bonchev–Trinajstić information content (AvgIpc) is 3.12. The first-order valence-corrected chi connectivity index (χ1v) is 8.13. The first-order valence-electron chi connectivity index (χ1n) is 7.31. The quantitative estimate of drug-likeness (QED) is 0.936. The summed E-state index contributed by atoms with van der Waals surface area (Å²) >= 11 is 1.65. The lowest BCUT2D eigenvalue weighted by Crippen LogP contribution is -2.30. The highest BCUT2D eigenvalue weighted by molar-refractivity contribution is 7.16. The maximum atomic E-state index is 5.13. The van der Waals surface area contributed by atoms with Gasteiger partial charge in [0.15, 0.2) is 5.82 Å². The summed E-state index contributed by atoms with van der Waals surface area (Å²) < 4.78 is 6.96. The molecule has 7 heteroatoms. The van der Waals surface area contributed by atoms with Crippen LogP contribution in [0.2, 0.25) is 0 Å². The number of rotatable bonds is 3.